The minimum atomic E-state index is -0.883. The fraction of sp³-hybridized carbons (Fsp3) is 0.316. The largest absolute Gasteiger partial charge is 0.351 e. The van der Waals surface area contributed by atoms with Gasteiger partial charge in [-0.25, -0.2) is 4.39 Å². The van der Waals surface area contributed by atoms with Crippen molar-refractivity contribution >= 4 is 11.6 Å². The van der Waals surface area contributed by atoms with Crippen molar-refractivity contribution in [3.63, 3.8) is 0 Å². The molecule has 2 aromatic rings. The van der Waals surface area contributed by atoms with Crippen molar-refractivity contribution < 1.29 is 14.1 Å². The van der Waals surface area contributed by atoms with Gasteiger partial charge in [0, 0.05) is 18.0 Å². The van der Waals surface area contributed by atoms with E-state index in [4.69, 9.17) is 0 Å². The molecule has 0 atom stereocenters. The van der Waals surface area contributed by atoms with Gasteiger partial charge >= 0.3 is 0 Å². The van der Waals surface area contributed by atoms with Crippen LogP contribution >= 0.6 is 0 Å². The molecule has 1 saturated carbocycles. The van der Waals surface area contributed by atoms with Crippen LogP contribution in [-0.2, 0) is 5.41 Å². The summed E-state index contributed by atoms with van der Waals surface area (Å²) in [4.78, 5) is 22.3. The summed E-state index contributed by atoms with van der Waals surface area (Å²) in [7, 11) is 0. The highest BCUT2D eigenvalue weighted by Gasteiger charge is 2.36. The van der Waals surface area contributed by atoms with Crippen LogP contribution in [0.5, 0.6) is 0 Å². The van der Waals surface area contributed by atoms with Crippen molar-refractivity contribution in [1.82, 2.24) is 5.32 Å². The Morgan fingerprint density at radius 2 is 1.84 bits per heavy atom. The van der Waals surface area contributed by atoms with Crippen molar-refractivity contribution in [2.45, 2.75) is 31.1 Å². The van der Waals surface area contributed by atoms with Gasteiger partial charge in [-0.05, 0) is 24.5 Å². The zero-order chi connectivity index (χ0) is 17.9. The van der Waals surface area contributed by atoms with Gasteiger partial charge in [-0.2, -0.15) is 0 Å². The van der Waals surface area contributed by atoms with Crippen LogP contribution in [0.4, 0.5) is 10.1 Å². The molecule has 1 aliphatic rings. The highest BCUT2D eigenvalue weighted by molar-refractivity contribution is 5.94. The molecule has 0 aromatic heterocycles. The third-order valence-corrected chi connectivity index (χ3v) is 4.94. The highest BCUT2D eigenvalue weighted by Crippen LogP contribution is 2.40. The molecule has 1 N–H and O–H groups in total. The Hall–Kier alpha value is -2.76. The minimum Gasteiger partial charge on any atom is -0.351 e. The molecule has 0 spiro atoms. The quantitative estimate of drug-likeness (QED) is 0.660. The van der Waals surface area contributed by atoms with E-state index in [0.29, 0.717) is 6.54 Å². The van der Waals surface area contributed by atoms with Gasteiger partial charge in [-0.1, -0.05) is 43.2 Å². The lowest BCUT2D eigenvalue weighted by molar-refractivity contribution is -0.385. The molecule has 5 nitrogen and oxygen atoms in total. The summed E-state index contributed by atoms with van der Waals surface area (Å²) in [6.07, 6.45) is 4.13. The molecule has 130 valence electrons. The summed E-state index contributed by atoms with van der Waals surface area (Å²) in [5.41, 5.74) is 0.503. The molecule has 0 heterocycles. The number of non-ortho nitro benzene ring substituents is 1. The second-order valence-electron chi connectivity index (χ2n) is 6.46. The zero-order valence-corrected chi connectivity index (χ0v) is 13.7. The molecule has 0 aliphatic heterocycles. The summed E-state index contributed by atoms with van der Waals surface area (Å²) in [6, 6.07) is 13.1. The first-order valence-corrected chi connectivity index (χ1v) is 8.29. The SMILES string of the molecule is O=C(NCC1(c2ccccc2)CCCC1)c1ccc([N+](=O)[O-])cc1F. The van der Waals surface area contributed by atoms with Crippen LogP contribution in [0.1, 0.15) is 41.6 Å². The number of benzene rings is 2. The van der Waals surface area contributed by atoms with Crippen molar-refractivity contribution in [3.05, 3.63) is 75.6 Å². The lowest BCUT2D eigenvalue weighted by atomic mass is 9.79. The van der Waals surface area contributed by atoms with E-state index in [1.807, 2.05) is 18.2 Å². The van der Waals surface area contributed by atoms with E-state index < -0.39 is 16.6 Å². The number of nitrogens with one attached hydrogen (secondary N) is 1. The minimum absolute atomic E-state index is 0.131. The van der Waals surface area contributed by atoms with Crippen LogP contribution in [0.15, 0.2) is 48.5 Å². The van der Waals surface area contributed by atoms with Crippen LogP contribution in [0.2, 0.25) is 0 Å². The third-order valence-electron chi connectivity index (χ3n) is 4.94. The first-order chi connectivity index (χ1) is 12.0. The van der Waals surface area contributed by atoms with Crippen LogP contribution in [0.3, 0.4) is 0 Å². The number of amides is 1. The maximum absolute atomic E-state index is 14.0. The molecule has 25 heavy (non-hydrogen) atoms. The third kappa shape index (κ3) is 3.52. The van der Waals surface area contributed by atoms with Crippen LogP contribution < -0.4 is 5.32 Å². The number of rotatable bonds is 5. The van der Waals surface area contributed by atoms with Gasteiger partial charge in [-0.3, -0.25) is 14.9 Å². The van der Waals surface area contributed by atoms with E-state index in [2.05, 4.69) is 17.4 Å². The molecular weight excluding hydrogens is 323 g/mol. The van der Waals surface area contributed by atoms with Crippen LogP contribution in [0.25, 0.3) is 0 Å². The molecule has 2 aromatic carbocycles. The van der Waals surface area contributed by atoms with Gasteiger partial charge in [0.15, 0.2) is 0 Å². The Labute approximate surface area is 145 Å². The van der Waals surface area contributed by atoms with Gasteiger partial charge < -0.3 is 5.32 Å². The van der Waals surface area contributed by atoms with E-state index in [9.17, 15) is 19.3 Å². The Balaban J connectivity index is 1.76. The first-order valence-electron chi connectivity index (χ1n) is 8.29. The second-order valence-corrected chi connectivity index (χ2v) is 6.46. The number of nitro groups is 1. The molecule has 6 heteroatoms. The van der Waals surface area contributed by atoms with Crippen LogP contribution in [-0.4, -0.2) is 17.4 Å². The van der Waals surface area contributed by atoms with Gasteiger partial charge in [0.25, 0.3) is 11.6 Å². The summed E-state index contributed by atoms with van der Waals surface area (Å²) < 4.78 is 14.0. The van der Waals surface area contributed by atoms with Crippen LogP contribution in [0, 0.1) is 15.9 Å². The standard InChI is InChI=1S/C19H19FN2O3/c20-17-12-15(22(24)25)8-9-16(17)18(23)21-13-19(10-4-5-11-19)14-6-2-1-3-7-14/h1-3,6-9,12H,4-5,10-11,13H2,(H,21,23). The van der Waals surface area contributed by atoms with Crippen molar-refractivity contribution in [2.75, 3.05) is 6.54 Å². The molecule has 1 aliphatic carbocycles. The fourth-order valence-corrected chi connectivity index (χ4v) is 3.56. The highest BCUT2D eigenvalue weighted by atomic mass is 19.1. The number of nitrogens with zero attached hydrogens (tertiary/aromatic N) is 1. The lowest BCUT2D eigenvalue weighted by Gasteiger charge is -2.30. The number of nitro benzene ring substituents is 1. The molecular formula is C19H19FN2O3. The van der Waals surface area contributed by atoms with Crippen molar-refractivity contribution in [3.8, 4) is 0 Å². The van der Waals surface area contributed by atoms with E-state index in [1.165, 1.54) is 5.56 Å². The molecule has 0 bridgehead atoms. The smallest absolute Gasteiger partial charge is 0.272 e. The average Bonchev–Trinajstić information content (AvgIpc) is 3.10. The summed E-state index contributed by atoms with van der Waals surface area (Å²) >= 11 is 0. The van der Waals surface area contributed by atoms with Gasteiger partial charge in [0.2, 0.25) is 0 Å². The molecule has 1 amide bonds. The van der Waals surface area contributed by atoms with E-state index >= 15 is 0 Å². The topological polar surface area (TPSA) is 72.2 Å². The van der Waals surface area contributed by atoms with Crippen molar-refractivity contribution in [1.29, 1.82) is 0 Å². The van der Waals surface area contributed by atoms with Gasteiger partial charge in [0.05, 0.1) is 16.6 Å². The number of carbonyl (C=O) groups excluding carboxylic acids is 1. The Kier molecular flexibility index (Phi) is 4.79. The van der Waals surface area contributed by atoms with Crippen molar-refractivity contribution in [2.24, 2.45) is 0 Å². The van der Waals surface area contributed by atoms with E-state index in [0.717, 1.165) is 43.9 Å². The number of hydrogen-bond donors (Lipinski definition) is 1. The predicted octanol–water partition coefficient (Wildman–Crippen LogP) is 3.98. The zero-order valence-electron chi connectivity index (χ0n) is 13.7. The fourth-order valence-electron chi connectivity index (χ4n) is 3.56. The maximum atomic E-state index is 14.0. The number of halogens is 1. The van der Waals surface area contributed by atoms with E-state index in [1.54, 1.807) is 0 Å². The average molecular weight is 342 g/mol. The normalized spacial score (nSPS) is 15.7. The second kappa shape index (κ2) is 7.01. The summed E-state index contributed by atoms with van der Waals surface area (Å²) in [5.74, 6) is -1.43. The Bertz CT molecular complexity index is 787. The Morgan fingerprint density at radius 3 is 2.44 bits per heavy atom. The lowest BCUT2D eigenvalue weighted by Crippen LogP contribution is -2.39. The predicted molar refractivity (Wildman–Crippen MR) is 92.0 cm³/mol. The number of carbonyl (C=O) groups is 1. The summed E-state index contributed by atoms with van der Waals surface area (Å²) in [6.45, 7) is 0.423. The van der Waals surface area contributed by atoms with E-state index in [-0.39, 0.29) is 16.7 Å². The maximum Gasteiger partial charge on any atom is 0.272 e. The monoisotopic (exact) mass is 342 g/mol. The molecule has 0 saturated heterocycles. The van der Waals surface area contributed by atoms with Gasteiger partial charge in [0.1, 0.15) is 5.82 Å². The van der Waals surface area contributed by atoms with Gasteiger partial charge in [-0.15, -0.1) is 0 Å². The Morgan fingerprint density at radius 1 is 1.16 bits per heavy atom. The summed E-state index contributed by atoms with van der Waals surface area (Å²) in [5, 5.41) is 13.5. The molecule has 0 unspecified atom stereocenters. The number of hydrogen-bond acceptors (Lipinski definition) is 3. The molecule has 3 rings (SSSR count). The molecule has 0 radical (unpaired) electrons. The molecule has 1 fully saturated rings. The first kappa shape index (κ1) is 17.1.